The molecule has 2 aromatic rings. The van der Waals surface area contributed by atoms with E-state index in [0.717, 1.165) is 54.8 Å². The number of fused-ring (bicyclic) bond motifs is 3. The Bertz CT molecular complexity index is 1720. The second kappa shape index (κ2) is 18.6. The minimum Gasteiger partial charge on any atom is -0.480 e. The zero-order valence-electron chi connectivity index (χ0n) is 29.9. The first-order valence-corrected chi connectivity index (χ1v) is 16.8. The summed E-state index contributed by atoms with van der Waals surface area (Å²) in [4.78, 5) is 99.0. The third kappa shape index (κ3) is 11.0. The molecule has 0 unspecified atom stereocenters. The number of amides is 3. The molecule has 18 heteroatoms. The van der Waals surface area contributed by atoms with Gasteiger partial charge in [-0.3, -0.25) is 33.6 Å². The van der Waals surface area contributed by atoms with Crippen LogP contribution in [0.5, 0.6) is 0 Å². The van der Waals surface area contributed by atoms with Crippen molar-refractivity contribution in [3.8, 4) is 11.1 Å². The molecule has 18 nitrogen and oxygen atoms in total. The number of hydrogen-bond acceptors (Lipinski definition) is 14. The van der Waals surface area contributed by atoms with E-state index in [4.69, 9.17) is 28.4 Å². The van der Waals surface area contributed by atoms with E-state index in [1.54, 1.807) is 0 Å². The first kappa shape index (κ1) is 40.7. The van der Waals surface area contributed by atoms with Crippen molar-refractivity contribution >= 4 is 47.8 Å². The molecule has 3 amide bonds. The molecule has 2 aliphatic rings. The lowest BCUT2D eigenvalue weighted by Gasteiger charge is -2.44. The molecule has 3 N–H and O–H groups in total. The molecule has 1 fully saturated rings. The molecular formula is C36H41N3O15. The van der Waals surface area contributed by atoms with Crippen LogP contribution in [0.3, 0.4) is 0 Å². The summed E-state index contributed by atoms with van der Waals surface area (Å²) in [5.74, 6) is -7.00. The molecule has 0 aromatic heterocycles. The number of nitrogens with one attached hydrogen (secondary N) is 2. The van der Waals surface area contributed by atoms with Gasteiger partial charge in [0, 0.05) is 46.7 Å². The van der Waals surface area contributed by atoms with Crippen LogP contribution in [0.25, 0.3) is 11.1 Å². The van der Waals surface area contributed by atoms with E-state index in [-0.39, 0.29) is 25.6 Å². The molecule has 0 saturated carbocycles. The first-order valence-electron chi connectivity index (χ1n) is 16.8. The molecule has 290 valence electrons. The molecule has 1 heterocycles. The molecule has 1 aliphatic heterocycles. The van der Waals surface area contributed by atoms with Crippen molar-refractivity contribution in [1.29, 1.82) is 0 Å². The Morgan fingerprint density at radius 3 is 1.83 bits per heavy atom. The van der Waals surface area contributed by atoms with Crippen LogP contribution in [0.4, 0.5) is 4.79 Å². The highest BCUT2D eigenvalue weighted by molar-refractivity contribution is 5.98. The molecule has 5 atom stereocenters. The van der Waals surface area contributed by atoms with Gasteiger partial charge in [0.2, 0.25) is 11.8 Å². The summed E-state index contributed by atoms with van der Waals surface area (Å²) in [6.45, 7) is 2.29. The molecular weight excluding hydrogens is 714 g/mol. The smallest absolute Gasteiger partial charge is 0.407 e. The highest BCUT2D eigenvalue weighted by Gasteiger charge is 2.52. The fourth-order valence-electron chi connectivity index (χ4n) is 6.20. The predicted molar refractivity (Wildman–Crippen MR) is 182 cm³/mol. The molecule has 2 aromatic carbocycles. The third-order valence-corrected chi connectivity index (χ3v) is 8.28. The molecule has 0 radical (unpaired) electrons. The Labute approximate surface area is 309 Å². The van der Waals surface area contributed by atoms with E-state index >= 15 is 0 Å². The minimum absolute atomic E-state index is 0.0248. The molecule has 54 heavy (non-hydrogen) atoms. The largest absolute Gasteiger partial charge is 0.480 e. The second-order valence-electron chi connectivity index (χ2n) is 12.3. The summed E-state index contributed by atoms with van der Waals surface area (Å²) in [5.41, 5.74) is 4.10. The Kier molecular flexibility index (Phi) is 14.1. The summed E-state index contributed by atoms with van der Waals surface area (Å²) in [6, 6.07) is 15.6. The van der Waals surface area contributed by atoms with Gasteiger partial charge >= 0.3 is 35.9 Å². The first-order chi connectivity index (χ1) is 25.6. The highest BCUT2D eigenvalue weighted by Crippen LogP contribution is 2.44. The van der Waals surface area contributed by atoms with Gasteiger partial charge < -0.3 is 49.1 Å². The van der Waals surface area contributed by atoms with Crippen molar-refractivity contribution in [2.24, 2.45) is 0 Å². The van der Waals surface area contributed by atoms with Gasteiger partial charge in [-0.05, 0) is 22.3 Å². The standard InChI is InChI=1S/C36H41N3O15/c1-19(40)49-18-28-32(51-20(2)41)33(52-21(3)42)34(53-22(4)43)35(54-28)38-29(44)15-30(45)39(16-31(46)47)14-13-37-36(48)50-17-27-25-11-7-5-9-23(25)24-10-6-8-12-26(24)27/h5-12,27-28,32-35H,13-18H2,1-4H3,(H,37,48)(H,38,44)(H,46,47)/t28-,32-,33+,34-,35-/m1/s1. The van der Waals surface area contributed by atoms with Crippen LogP contribution < -0.4 is 10.6 Å². The summed E-state index contributed by atoms with van der Waals surface area (Å²) in [6.07, 6.45) is -9.42. The Balaban J connectivity index is 1.39. The zero-order chi connectivity index (χ0) is 39.5. The lowest BCUT2D eigenvalue weighted by atomic mass is 9.97. The average molecular weight is 756 g/mol. The van der Waals surface area contributed by atoms with Crippen molar-refractivity contribution in [2.45, 2.75) is 70.7 Å². The average Bonchev–Trinajstić information content (AvgIpc) is 3.41. The molecule has 0 spiro atoms. The van der Waals surface area contributed by atoms with Crippen molar-refractivity contribution in [3.63, 3.8) is 0 Å². The number of carboxylic acid groups (broad SMARTS) is 1. The number of carbonyl (C=O) groups excluding carboxylic acids is 7. The van der Waals surface area contributed by atoms with E-state index < -0.39 is 98.0 Å². The quantitative estimate of drug-likeness (QED) is 0.131. The van der Waals surface area contributed by atoms with Gasteiger partial charge in [-0.15, -0.1) is 0 Å². The van der Waals surface area contributed by atoms with Crippen LogP contribution in [0, 0.1) is 0 Å². The minimum atomic E-state index is -1.64. The number of esters is 4. The van der Waals surface area contributed by atoms with Crippen molar-refractivity contribution in [2.75, 3.05) is 32.8 Å². The topological polar surface area (TPSA) is 239 Å². The lowest BCUT2D eigenvalue weighted by Crippen LogP contribution is -2.66. The number of ether oxygens (including phenoxy) is 6. The van der Waals surface area contributed by atoms with E-state index in [1.165, 1.54) is 0 Å². The van der Waals surface area contributed by atoms with Gasteiger partial charge in [-0.25, -0.2) is 4.79 Å². The van der Waals surface area contributed by atoms with Crippen molar-refractivity contribution < 1.29 is 71.9 Å². The van der Waals surface area contributed by atoms with Crippen LogP contribution >= 0.6 is 0 Å². The summed E-state index contributed by atoms with van der Waals surface area (Å²) >= 11 is 0. The molecule has 0 bridgehead atoms. The Morgan fingerprint density at radius 2 is 1.28 bits per heavy atom. The SMILES string of the molecule is CC(=O)OC[C@H]1O[C@@H](NC(=O)CC(=O)N(CCNC(=O)OCC2c3ccccc3-c3ccccc32)CC(=O)O)[C@H](OC(C)=O)[C@@H](OC(C)=O)[C@@H]1OC(C)=O. The summed E-state index contributed by atoms with van der Waals surface area (Å²) in [7, 11) is 0. The van der Waals surface area contributed by atoms with Crippen LogP contribution in [0.2, 0.25) is 0 Å². The fourth-order valence-corrected chi connectivity index (χ4v) is 6.20. The van der Waals surface area contributed by atoms with Crippen LogP contribution in [-0.4, -0.2) is 121 Å². The lowest BCUT2D eigenvalue weighted by molar-refractivity contribution is -0.257. The highest BCUT2D eigenvalue weighted by atomic mass is 16.7. The zero-order valence-corrected chi connectivity index (χ0v) is 29.9. The number of hydrogen-bond donors (Lipinski definition) is 3. The number of carboxylic acids is 1. The Morgan fingerprint density at radius 1 is 0.722 bits per heavy atom. The van der Waals surface area contributed by atoms with Crippen LogP contribution in [0.15, 0.2) is 48.5 Å². The van der Waals surface area contributed by atoms with Gasteiger partial charge in [0.05, 0.1) is 0 Å². The van der Waals surface area contributed by atoms with Crippen molar-refractivity contribution in [1.82, 2.24) is 15.5 Å². The van der Waals surface area contributed by atoms with E-state index in [2.05, 4.69) is 10.6 Å². The van der Waals surface area contributed by atoms with Gasteiger partial charge in [0.1, 0.15) is 32.3 Å². The number of nitrogens with zero attached hydrogens (tertiary/aromatic N) is 1. The Hall–Kier alpha value is -6.04. The number of rotatable bonds is 15. The molecule has 1 aliphatic carbocycles. The number of alkyl carbamates (subject to hydrolysis) is 1. The molecule has 4 rings (SSSR count). The van der Waals surface area contributed by atoms with Gasteiger partial charge in [0.25, 0.3) is 0 Å². The normalized spacial score (nSPS) is 19.9. The fraction of sp³-hybridized carbons (Fsp3) is 0.444. The van der Waals surface area contributed by atoms with E-state index in [0.29, 0.717) is 0 Å². The maximum atomic E-state index is 13.2. The van der Waals surface area contributed by atoms with Gasteiger partial charge in [0.15, 0.2) is 24.5 Å². The third-order valence-electron chi connectivity index (χ3n) is 8.28. The van der Waals surface area contributed by atoms with E-state index in [9.17, 15) is 43.5 Å². The maximum absolute atomic E-state index is 13.2. The van der Waals surface area contributed by atoms with Crippen LogP contribution in [0.1, 0.15) is 51.2 Å². The second-order valence-corrected chi connectivity index (χ2v) is 12.3. The van der Waals surface area contributed by atoms with E-state index in [1.807, 2.05) is 48.5 Å². The summed E-state index contributed by atoms with van der Waals surface area (Å²) < 4.78 is 32.2. The summed E-state index contributed by atoms with van der Waals surface area (Å²) in [5, 5.41) is 14.3. The van der Waals surface area contributed by atoms with Gasteiger partial charge in [-0.1, -0.05) is 48.5 Å². The monoisotopic (exact) mass is 755 g/mol. The predicted octanol–water partition coefficient (Wildman–Crippen LogP) is 1.03. The number of carbonyl (C=O) groups is 8. The van der Waals surface area contributed by atoms with Crippen LogP contribution in [-0.2, 0) is 62.0 Å². The maximum Gasteiger partial charge on any atom is 0.407 e. The molecule has 1 saturated heterocycles. The number of aliphatic carboxylic acids is 1. The van der Waals surface area contributed by atoms with Gasteiger partial charge in [-0.2, -0.15) is 0 Å². The van der Waals surface area contributed by atoms with Crippen molar-refractivity contribution in [3.05, 3.63) is 59.7 Å². The number of benzene rings is 2.